The summed E-state index contributed by atoms with van der Waals surface area (Å²) in [6, 6.07) is 7.99. The van der Waals surface area contributed by atoms with E-state index in [-0.39, 0.29) is 17.9 Å². The minimum absolute atomic E-state index is 0.0734. The molecule has 0 radical (unpaired) electrons. The number of nitrogens with zero attached hydrogens (tertiary/aromatic N) is 2. The summed E-state index contributed by atoms with van der Waals surface area (Å²) < 4.78 is 13.2. The van der Waals surface area contributed by atoms with Gasteiger partial charge in [0.15, 0.2) is 0 Å². The largest absolute Gasteiger partial charge is 0.477 e. The molecule has 0 saturated heterocycles. The van der Waals surface area contributed by atoms with Gasteiger partial charge >= 0.3 is 5.97 Å². The number of hydrogen-bond acceptors (Lipinski definition) is 5. The van der Waals surface area contributed by atoms with Gasteiger partial charge in [0, 0.05) is 12.1 Å². The fourth-order valence-corrected chi connectivity index (χ4v) is 7.87. The van der Waals surface area contributed by atoms with E-state index in [0.29, 0.717) is 42.4 Å². The molecule has 1 heterocycles. The molecule has 1 N–H and O–H groups in total. The van der Waals surface area contributed by atoms with Gasteiger partial charge in [0.2, 0.25) is 5.88 Å². The van der Waals surface area contributed by atoms with Crippen molar-refractivity contribution in [3.8, 4) is 11.6 Å². The maximum absolute atomic E-state index is 13.8. The summed E-state index contributed by atoms with van der Waals surface area (Å²) in [5.41, 5.74) is 2.13. The molecular weight excluding hydrogens is 490 g/mol. The average molecular weight is 532 g/mol. The van der Waals surface area contributed by atoms with Gasteiger partial charge in [-0.1, -0.05) is 31.4 Å². The first-order chi connectivity index (χ1) is 19.1. The molecule has 1 aromatic heterocycles. The maximum atomic E-state index is 13.8. The van der Waals surface area contributed by atoms with Crippen LogP contribution in [0.3, 0.4) is 0 Å². The molecule has 208 valence electrons. The number of rotatable bonds is 9. The molecule has 5 aliphatic carbocycles. The van der Waals surface area contributed by atoms with Crippen molar-refractivity contribution in [1.82, 2.24) is 15.1 Å². The van der Waals surface area contributed by atoms with Gasteiger partial charge in [-0.2, -0.15) is 5.10 Å². The Morgan fingerprint density at radius 3 is 2.51 bits per heavy atom. The van der Waals surface area contributed by atoms with E-state index >= 15 is 0 Å². The molecule has 0 aliphatic heterocycles. The van der Waals surface area contributed by atoms with Crippen molar-refractivity contribution in [3.63, 3.8) is 0 Å². The number of esters is 1. The number of amides is 1. The predicted molar refractivity (Wildman–Crippen MR) is 150 cm³/mol. The lowest BCUT2D eigenvalue weighted by atomic mass is 9.54. The SMILES string of the molecule is CCOC(=O)/C=C/c1cccc(-n2ncc(C(=O)NC3C4CC5CC(C4)CC3C5)c2OCC2CCCCC2)c1. The minimum Gasteiger partial charge on any atom is -0.477 e. The van der Waals surface area contributed by atoms with Crippen LogP contribution >= 0.6 is 0 Å². The lowest BCUT2D eigenvalue weighted by Crippen LogP contribution is -2.55. The lowest BCUT2D eigenvalue weighted by molar-refractivity contribution is -0.137. The third kappa shape index (κ3) is 5.78. The highest BCUT2D eigenvalue weighted by molar-refractivity contribution is 5.96. The zero-order valence-electron chi connectivity index (χ0n) is 23.0. The predicted octanol–water partition coefficient (Wildman–Crippen LogP) is 5.96. The van der Waals surface area contributed by atoms with Crippen LogP contribution in [0.1, 0.15) is 87.1 Å². The molecule has 0 atom stereocenters. The number of benzene rings is 1. The first-order valence-electron chi connectivity index (χ1n) is 15.0. The highest BCUT2D eigenvalue weighted by atomic mass is 16.5. The molecule has 7 nitrogen and oxygen atoms in total. The van der Waals surface area contributed by atoms with Gasteiger partial charge in [-0.15, -0.1) is 0 Å². The summed E-state index contributed by atoms with van der Waals surface area (Å²) in [7, 11) is 0. The molecule has 0 unspecified atom stereocenters. The van der Waals surface area contributed by atoms with Gasteiger partial charge in [0.05, 0.1) is 25.1 Å². The monoisotopic (exact) mass is 531 g/mol. The number of carbonyl (C=O) groups is 2. The minimum atomic E-state index is -0.373. The van der Waals surface area contributed by atoms with Crippen LogP contribution in [-0.2, 0) is 9.53 Å². The Morgan fingerprint density at radius 1 is 1.05 bits per heavy atom. The molecule has 0 spiro atoms. The zero-order valence-corrected chi connectivity index (χ0v) is 23.0. The van der Waals surface area contributed by atoms with Crippen LogP contribution in [0.2, 0.25) is 0 Å². The summed E-state index contributed by atoms with van der Waals surface area (Å²) in [6.45, 7) is 2.72. The van der Waals surface area contributed by atoms with E-state index in [0.717, 1.165) is 35.9 Å². The van der Waals surface area contributed by atoms with Crippen molar-refractivity contribution in [1.29, 1.82) is 0 Å². The average Bonchev–Trinajstić information content (AvgIpc) is 3.37. The number of ether oxygens (including phenoxy) is 2. The Hall–Kier alpha value is -3.09. The molecular formula is C32H41N3O4. The molecule has 39 heavy (non-hydrogen) atoms. The van der Waals surface area contributed by atoms with Gasteiger partial charge in [-0.05, 0) is 105 Å². The van der Waals surface area contributed by atoms with E-state index in [2.05, 4.69) is 10.4 Å². The second kappa shape index (κ2) is 11.6. The van der Waals surface area contributed by atoms with Gasteiger partial charge < -0.3 is 14.8 Å². The van der Waals surface area contributed by atoms with Crippen molar-refractivity contribution in [2.75, 3.05) is 13.2 Å². The van der Waals surface area contributed by atoms with E-state index in [1.54, 1.807) is 23.9 Å². The Kier molecular flexibility index (Phi) is 7.76. The lowest BCUT2D eigenvalue weighted by Gasteiger charge is -2.54. The van der Waals surface area contributed by atoms with Crippen molar-refractivity contribution < 1.29 is 19.1 Å². The number of aromatic nitrogens is 2. The van der Waals surface area contributed by atoms with Crippen LogP contribution < -0.4 is 10.1 Å². The van der Waals surface area contributed by atoms with E-state index in [4.69, 9.17) is 9.47 Å². The first kappa shape index (κ1) is 26.1. The quantitative estimate of drug-likeness (QED) is 0.319. The molecule has 5 aliphatic rings. The molecule has 5 saturated carbocycles. The Bertz CT molecular complexity index is 1180. The topological polar surface area (TPSA) is 82.5 Å². The summed E-state index contributed by atoms with van der Waals surface area (Å²) in [5, 5.41) is 8.08. The molecule has 7 heteroatoms. The molecule has 7 rings (SSSR count). The molecule has 1 amide bonds. The third-order valence-corrected chi connectivity index (χ3v) is 9.49. The fraction of sp³-hybridized carbons (Fsp3) is 0.594. The number of nitrogens with one attached hydrogen (secondary N) is 1. The second-order valence-corrected chi connectivity index (χ2v) is 12.2. The van der Waals surface area contributed by atoms with E-state index in [1.807, 2.05) is 24.3 Å². The van der Waals surface area contributed by atoms with Crippen LogP contribution in [0.4, 0.5) is 0 Å². The first-order valence-corrected chi connectivity index (χ1v) is 15.0. The van der Waals surface area contributed by atoms with Gasteiger partial charge in [-0.3, -0.25) is 4.79 Å². The molecule has 5 fully saturated rings. The Balaban J connectivity index is 1.24. The third-order valence-electron chi connectivity index (χ3n) is 9.49. The Labute approximate surface area is 231 Å². The zero-order chi connectivity index (χ0) is 26.8. The van der Waals surface area contributed by atoms with Gasteiger partial charge in [0.25, 0.3) is 5.91 Å². The summed E-state index contributed by atoms with van der Waals surface area (Å²) in [6.07, 6.45) is 17.3. The smallest absolute Gasteiger partial charge is 0.330 e. The van der Waals surface area contributed by atoms with Crippen LogP contribution in [-0.4, -0.2) is 40.9 Å². The Morgan fingerprint density at radius 2 is 1.79 bits per heavy atom. The van der Waals surface area contributed by atoms with E-state index in [9.17, 15) is 9.59 Å². The van der Waals surface area contributed by atoms with Crippen LogP contribution in [0.15, 0.2) is 36.5 Å². The van der Waals surface area contributed by atoms with Gasteiger partial charge in [-0.25, -0.2) is 9.48 Å². The highest BCUT2D eigenvalue weighted by Gasteiger charge is 2.48. The molecule has 4 bridgehead atoms. The van der Waals surface area contributed by atoms with Crippen molar-refractivity contribution in [2.45, 2.75) is 77.2 Å². The van der Waals surface area contributed by atoms with Gasteiger partial charge in [0.1, 0.15) is 5.56 Å². The normalized spacial score (nSPS) is 28.1. The maximum Gasteiger partial charge on any atom is 0.330 e. The van der Waals surface area contributed by atoms with Crippen LogP contribution in [0.25, 0.3) is 11.8 Å². The number of carbonyl (C=O) groups excluding carboxylic acids is 2. The fourth-order valence-electron chi connectivity index (χ4n) is 7.87. The second-order valence-electron chi connectivity index (χ2n) is 12.2. The van der Waals surface area contributed by atoms with E-state index < -0.39 is 0 Å². The summed E-state index contributed by atoms with van der Waals surface area (Å²) in [5.74, 6) is 3.50. The van der Waals surface area contributed by atoms with Crippen molar-refractivity contribution in [3.05, 3.63) is 47.7 Å². The molecule has 1 aromatic carbocycles. The van der Waals surface area contributed by atoms with Crippen LogP contribution in [0, 0.1) is 29.6 Å². The van der Waals surface area contributed by atoms with Crippen molar-refractivity contribution in [2.24, 2.45) is 29.6 Å². The highest BCUT2D eigenvalue weighted by Crippen LogP contribution is 2.53. The standard InChI is InChI=1S/C32H41N3O4/c1-2-38-29(36)12-11-21-9-6-10-27(18-21)35-32(39-20-22-7-4-3-5-8-22)28(19-33-35)31(37)34-30-25-14-23-13-24(16-25)17-26(30)15-23/h6,9-12,18-19,22-26,30H,2-5,7-8,13-17,20H2,1H3,(H,34,37)/b12-11+. The summed E-state index contributed by atoms with van der Waals surface area (Å²) in [4.78, 5) is 25.6. The number of hydrogen-bond donors (Lipinski definition) is 1. The van der Waals surface area contributed by atoms with Crippen LogP contribution in [0.5, 0.6) is 5.88 Å². The van der Waals surface area contributed by atoms with Crippen molar-refractivity contribution >= 4 is 18.0 Å². The summed E-state index contributed by atoms with van der Waals surface area (Å²) >= 11 is 0. The van der Waals surface area contributed by atoms with E-state index in [1.165, 1.54) is 57.4 Å². The molecule has 2 aromatic rings.